The molecule has 0 aliphatic carbocycles. The highest BCUT2D eigenvalue weighted by atomic mass is 16.3. The fraction of sp³-hybridized carbons (Fsp3) is 0. The van der Waals surface area contributed by atoms with Crippen molar-refractivity contribution in [3.8, 4) is 17.2 Å². The van der Waals surface area contributed by atoms with Gasteiger partial charge in [0.1, 0.15) is 0 Å². The third-order valence-electron chi connectivity index (χ3n) is 1.53. The van der Waals surface area contributed by atoms with Crippen molar-refractivity contribution >= 4 is 12.2 Å². The number of phenols is 3. The van der Waals surface area contributed by atoms with Gasteiger partial charge in [-0.25, -0.2) is 0 Å². The van der Waals surface area contributed by atoms with Crippen LogP contribution in [-0.2, 0) is 0 Å². The Hall–Kier alpha value is -2.44. The van der Waals surface area contributed by atoms with Gasteiger partial charge in [0.15, 0.2) is 11.5 Å². The molecule has 0 saturated carbocycles. The summed E-state index contributed by atoms with van der Waals surface area (Å²) in [5.74, 6) is -1.77. The number of nitrogens with zero attached hydrogens (tertiary/aromatic N) is 2. The molecule has 0 atom stereocenters. The summed E-state index contributed by atoms with van der Waals surface area (Å²) in [5.41, 5.74) is 10.2. The molecular formula is C8H10N4O3. The zero-order valence-corrected chi connectivity index (χ0v) is 7.62. The molecule has 0 radical (unpaired) electrons. The van der Waals surface area contributed by atoms with Gasteiger partial charge < -0.3 is 26.8 Å². The fourth-order valence-electron chi connectivity index (χ4n) is 0.847. The normalized spacial score (nSPS) is 10.4. The molecule has 7 N–H and O–H groups in total. The number of rotatable bonds is 2. The van der Waals surface area contributed by atoms with Crippen LogP contribution in [-0.4, -0.2) is 27.5 Å². The lowest BCUT2D eigenvalue weighted by atomic mass is 10.2. The van der Waals surface area contributed by atoms with Crippen LogP contribution in [0.25, 0.3) is 0 Å². The molecule has 1 aromatic rings. The Morgan fingerprint density at radius 3 is 2.40 bits per heavy atom. The average molecular weight is 210 g/mol. The number of benzene rings is 1. The molecule has 0 aromatic heterocycles. The van der Waals surface area contributed by atoms with Crippen molar-refractivity contribution in [3.05, 3.63) is 17.7 Å². The van der Waals surface area contributed by atoms with E-state index in [1.807, 2.05) is 0 Å². The summed E-state index contributed by atoms with van der Waals surface area (Å²) in [6.45, 7) is 0. The summed E-state index contributed by atoms with van der Waals surface area (Å²) in [6, 6.07) is 2.54. The van der Waals surface area contributed by atoms with Crippen LogP contribution in [0, 0.1) is 0 Å². The highest BCUT2D eigenvalue weighted by Crippen LogP contribution is 2.36. The topological polar surface area (TPSA) is 137 Å². The summed E-state index contributed by atoms with van der Waals surface area (Å²) in [7, 11) is 0. The average Bonchev–Trinajstić information content (AvgIpc) is 2.18. The maximum atomic E-state index is 9.33. The molecule has 15 heavy (non-hydrogen) atoms. The van der Waals surface area contributed by atoms with E-state index in [1.54, 1.807) is 0 Å². The van der Waals surface area contributed by atoms with E-state index in [9.17, 15) is 5.11 Å². The molecule has 80 valence electrons. The van der Waals surface area contributed by atoms with Crippen LogP contribution >= 0.6 is 0 Å². The monoisotopic (exact) mass is 210 g/mol. The molecule has 0 saturated heterocycles. The van der Waals surface area contributed by atoms with E-state index in [2.05, 4.69) is 10.2 Å². The number of phenolic OH excluding ortho intramolecular Hbond substituents is 3. The van der Waals surface area contributed by atoms with Gasteiger partial charge in [-0.1, -0.05) is 0 Å². The van der Waals surface area contributed by atoms with Crippen molar-refractivity contribution in [1.29, 1.82) is 0 Å². The van der Waals surface area contributed by atoms with Crippen molar-refractivity contribution in [1.82, 2.24) is 0 Å². The summed E-state index contributed by atoms with van der Waals surface area (Å²) >= 11 is 0. The summed E-state index contributed by atoms with van der Waals surface area (Å²) < 4.78 is 0. The lowest BCUT2D eigenvalue weighted by molar-refractivity contribution is 0.367. The fourth-order valence-corrected chi connectivity index (χ4v) is 0.847. The van der Waals surface area contributed by atoms with Gasteiger partial charge in [-0.2, -0.15) is 5.10 Å². The molecule has 0 bridgehead atoms. The molecule has 1 aromatic carbocycles. The third-order valence-corrected chi connectivity index (χ3v) is 1.53. The number of guanidine groups is 1. The highest BCUT2D eigenvalue weighted by Gasteiger charge is 2.08. The summed E-state index contributed by atoms with van der Waals surface area (Å²) in [4.78, 5) is 0. The second-order valence-corrected chi connectivity index (χ2v) is 2.64. The predicted molar refractivity (Wildman–Crippen MR) is 54.8 cm³/mol. The van der Waals surface area contributed by atoms with Crippen LogP contribution in [0.15, 0.2) is 22.3 Å². The Bertz CT molecular complexity index is 424. The molecule has 0 heterocycles. The maximum Gasteiger partial charge on any atom is 0.211 e. The van der Waals surface area contributed by atoms with Crippen molar-refractivity contribution in [2.45, 2.75) is 0 Å². The second-order valence-electron chi connectivity index (χ2n) is 2.64. The van der Waals surface area contributed by atoms with Gasteiger partial charge in [0, 0.05) is 5.56 Å². The first kappa shape index (κ1) is 10.6. The molecule has 0 spiro atoms. The van der Waals surface area contributed by atoms with E-state index < -0.39 is 17.2 Å². The van der Waals surface area contributed by atoms with Gasteiger partial charge in [-0.05, 0) is 12.1 Å². The molecule has 0 unspecified atom stereocenters. The quantitative estimate of drug-likeness (QED) is 0.192. The van der Waals surface area contributed by atoms with E-state index >= 15 is 0 Å². The van der Waals surface area contributed by atoms with E-state index in [-0.39, 0.29) is 11.5 Å². The lowest BCUT2D eigenvalue weighted by Gasteiger charge is -2.02. The molecule has 0 amide bonds. The highest BCUT2D eigenvalue weighted by molar-refractivity contribution is 5.86. The van der Waals surface area contributed by atoms with Gasteiger partial charge in [0.2, 0.25) is 11.7 Å². The van der Waals surface area contributed by atoms with Gasteiger partial charge in [0.05, 0.1) is 6.21 Å². The summed E-state index contributed by atoms with van der Waals surface area (Å²) in [5, 5.41) is 34.2. The van der Waals surface area contributed by atoms with Gasteiger partial charge in [0.25, 0.3) is 0 Å². The van der Waals surface area contributed by atoms with E-state index in [0.29, 0.717) is 0 Å². The molecule has 0 aliphatic rings. The van der Waals surface area contributed by atoms with Crippen molar-refractivity contribution < 1.29 is 15.3 Å². The zero-order chi connectivity index (χ0) is 11.4. The Morgan fingerprint density at radius 2 is 1.80 bits per heavy atom. The minimum absolute atomic E-state index is 0.176. The Labute approximate surface area is 85.0 Å². The number of hydrogen-bond acceptors (Lipinski definition) is 5. The van der Waals surface area contributed by atoms with Crippen molar-refractivity contribution in [2.24, 2.45) is 21.7 Å². The Kier molecular flexibility index (Phi) is 2.97. The van der Waals surface area contributed by atoms with Crippen LogP contribution in [0.4, 0.5) is 0 Å². The third kappa shape index (κ3) is 2.50. The van der Waals surface area contributed by atoms with Crippen molar-refractivity contribution in [3.63, 3.8) is 0 Å². The SMILES string of the molecule is NC(N)=N/N=C/c1ccc(O)c(O)c1O. The Balaban J connectivity index is 3.02. The number of aromatic hydroxyl groups is 3. The smallest absolute Gasteiger partial charge is 0.211 e. The van der Waals surface area contributed by atoms with Gasteiger partial charge in [-0.15, -0.1) is 5.10 Å². The van der Waals surface area contributed by atoms with Crippen LogP contribution in [0.5, 0.6) is 17.2 Å². The zero-order valence-electron chi connectivity index (χ0n) is 7.62. The summed E-state index contributed by atoms with van der Waals surface area (Å²) in [6.07, 6.45) is 1.13. The van der Waals surface area contributed by atoms with E-state index in [4.69, 9.17) is 21.7 Å². The molecular weight excluding hydrogens is 200 g/mol. The van der Waals surface area contributed by atoms with Gasteiger partial charge >= 0.3 is 0 Å². The second kappa shape index (κ2) is 4.18. The molecule has 0 fully saturated rings. The predicted octanol–water partition coefficient (Wildman–Crippen LogP) is -0.589. The molecule has 1 rings (SSSR count). The minimum Gasteiger partial charge on any atom is -0.504 e. The first-order valence-electron chi connectivity index (χ1n) is 3.88. The van der Waals surface area contributed by atoms with Crippen LogP contribution < -0.4 is 11.5 Å². The molecule has 7 heteroatoms. The molecule has 7 nitrogen and oxygen atoms in total. The van der Waals surface area contributed by atoms with E-state index in [1.165, 1.54) is 12.1 Å². The van der Waals surface area contributed by atoms with Crippen LogP contribution in [0.2, 0.25) is 0 Å². The lowest BCUT2D eigenvalue weighted by Crippen LogP contribution is -2.21. The van der Waals surface area contributed by atoms with Crippen LogP contribution in [0.1, 0.15) is 5.56 Å². The minimum atomic E-state index is -0.622. The standard InChI is InChI=1S/C8H10N4O3/c9-8(10)12-11-3-4-1-2-5(13)7(15)6(4)14/h1-3,13-15H,(H4,9,10,12)/b11-3+. The maximum absolute atomic E-state index is 9.33. The largest absolute Gasteiger partial charge is 0.504 e. The number of hydrogen-bond donors (Lipinski definition) is 5. The van der Waals surface area contributed by atoms with Crippen LogP contribution in [0.3, 0.4) is 0 Å². The first-order chi connectivity index (χ1) is 7.02. The first-order valence-corrected chi connectivity index (χ1v) is 3.88. The Morgan fingerprint density at radius 1 is 1.13 bits per heavy atom. The molecule has 0 aliphatic heterocycles. The van der Waals surface area contributed by atoms with Crippen molar-refractivity contribution in [2.75, 3.05) is 0 Å². The van der Waals surface area contributed by atoms with Gasteiger partial charge in [-0.3, -0.25) is 0 Å². The van der Waals surface area contributed by atoms with E-state index in [0.717, 1.165) is 6.21 Å². The number of nitrogens with two attached hydrogens (primary N) is 2.